The maximum Gasteiger partial charge on any atom is 0.119 e. The number of rotatable bonds is 7. The molecule has 2 aromatic carbocycles. The zero-order valence-electron chi connectivity index (χ0n) is 12.8. The van der Waals surface area contributed by atoms with Crippen LogP contribution in [0.25, 0.3) is 0 Å². The van der Waals surface area contributed by atoms with Gasteiger partial charge in [-0.15, -0.1) is 0 Å². The second kappa shape index (κ2) is 7.65. The average Bonchev–Trinajstić information content (AvgIpc) is 2.52. The van der Waals surface area contributed by atoms with E-state index in [4.69, 9.17) is 4.74 Å². The first-order valence-corrected chi connectivity index (χ1v) is 7.32. The Bertz CT molecular complexity index is 574. The molecule has 0 fully saturated rings. The molecule has 0 aliphatic heterocycles. The third kappa shape index (κ3) is 4.47. The molecule has 0 unspecified atom stereocenters. The van der Waals surface area contributed by atoms with Gasteiger partial charge in [-0.25, -0.2) is 0 Å². The third-order valence-electron chi connectivity index (χ3n) is 3.56. The zero-order chi connectivity index (χ0) is 15.1. The molecule has 0 heterocycles. The summed E-state index contributed by atoms with van der Waals surface area (Å²) in [6.07, 6.45) is 1.75. The molecule has 110 valence electrons. The molecule has 2 nitrogen and oxygen atoms in total. The van der Waals surface area contributed by atoms with Crippen molar-refractivity contribution in [1.29, 1.82) is 0 Å². The second-order valence-electron chi connectivity index (χ2n) is 5.20. The first-order valence-electron chi connectivity index (χ1n) is 7.32. The van der Waals surface area contributed by atoms with E-state index in [2.05, 4.69) is 62.1 Å². The molecule has 0 saturated heterocycles. The van der Waals surface area contributed by atoms with Crippen LogP contribution in [0.15, 0.2) is 61.2 Å². The van der Waals surface area contributed by atoms with Crippen molar-refractivity contribution in [1.82, 2.24) is 5.32 Å². The number of aryl methyl sites for hydroxylation is 1. The van der Waals surface area contributed by atoms with Gasteiger partial charge in [0.15, 0.2) is 0 Å². The van der Waals surface area contributed by atoms with E-state index < -0.39 is 0 Å². The SMILES string of the molecule is C=CCOc1ccc(CN[C@H](C)c2ccccc2C)cc1. The minimum Gasteiger partial charge on any atom is -0.490 e. The summed E-state index contributed by atoms with van der Waals surface area (Å²) in [4.78, 5) is 0. The van der Waals surface area contributed by atoms with Crippen LogP contribution in [0.1, 0.15) is 29.7 Å². The normalized spacial score (nSPS) is 11.9. The monoisotopic (exact) mass is 281 g/mol. The Morgan fingerprint density at radius 3 is 2.52 bits per heavy atom. The van der Waals surface area contributed by atoms with Gasteiger partial charge in [0, 0.05) is 12.6 Å². The minimum absolute atomic E-state index is 0.336. The lowest BCUT2D eigenvalue weighted by Crippen LogP contribution is -2.18. The molecule has 1 atom stereocenters. The molecule has 0 radical (unpaired) electrons. The van der Waals surface area contributed by atoms with Gasteiger partial charge < -0.3 is 10.1 Å². The van der Waals surface area contributed by atoms with Crippen molar-refractivity contribution in [3.05, 3.63) is 77.9 Å². The molecular weight excluding hydrogens is 258 g/mol. The van der Waals surface area contributed by atoms with Crippen LogP contribution in [-0.4, -0.2) is 6.61 Å². The van der Waals surface area contributed by atoms with Crippen molar-refractivity contribution in [2.75, 3.05) is 6.61 Å². The van der Waals surface area contributed by atoms with Crippen LogP contribution in [0.3, 0.4) is 0 Å². The van der Waals surface area contributed by atoms with Gasteiger partial charge in [0.25, 0.3) is 0 Å². The summed E-state index contributed by atoms with van der Waals surface area (Å²) in [5.41, 5.74) is 3.93. The van der Waals surface area contributed by atoms with Crippen molar-refractivity contribution < 1.29 is 4.74 Å². The van der Waals surface area contributed by atoms with Crippen LogP contribution in [0.5, 0.6) is 5.75 Å². The van der Waals surface area contributed by atoms with Crippen LogP contribution < -0.4 is 10.1 Å². The summed E-state index contributed by atoms with van der Waals surface area (Å²) in [5.74, 6) is 0.880. The molecule has 2 aromatic rings. The highest BCUT2D eigenvalue weighted by molar-refractivity contribution is 5.29. The first kappa shape index (κ1) is 15.3. The Hall–Kier alpha value is -2.06. The molecule has 2 heteroatoms. The maximum absolute atomic E-state index is 5.48. The highest BCUT2D eigenvalue weighted by Crippen LogP contribution is 2.18. The van der Waals surface area contributed by atoms with Crippen LogP contribution in [0, 0.1) is 6.92 Å². The molecule has 2 rings (SSSR count). The summed E-state index contributed by atoms with van der Waals surface area (Å²) < 4.78 is 5.48. The van der Waals surface area contributed by atoms with Gasteiger partial charge in [0.1, 0.15) is 12.4 Å². The predicted octanol–water partition coefficient (Wildman–Crippen LogP) is 4.41. The zero-order valence-corrected chi connectivity index (χ0v) is 12.8. The van der Waals surface area contributed by atoms with E-state index in [0.717, 1.165) is 12.3 Å². The van der Waals surface area contributed by atoms with Gasteiger partial charge in [-0.3, -0.25) is 0 Å². The largest absolute Gasteiger partial charge is 0.490 e. The van der Waals surface area contributed by atoms with Crippen molar-refractivity contribution in [3.63, 3.8) is 0 Å². The molecule has 21 heavy (non-hydrogen) atoms. The Morgan fingerprint density at radius 1 is 1.14 bits per heavy atom. The highest BCUT2D eigenvalue weighted by Gasteiger charge is 2.07. The van der Waals surface area contributed by atoms with Gasteiger partial charge in [0.05, 0.1) is 0 Å². The maximum atomic E-state index is 5.48. The predicted molar refractivity (Wildman–Crippen MR) is 88.6 cm³/mol. The fourth-order valence-corrected chi connectivity index (χ4v) is 2.31. The van der Waals surface area contributed by atoms with Crippen LogP contribution in [-0.2, 0) is 6.54 Å². The summed E-state index contributed by atoms with van der Waals surface area (Å²) >= 11 is 0. The van der Waals surface area contributed by atoms with Crippen LogP contribution >= 0.6 is 0 Å². The van der Waals surface area contributed by atoms with E-state index in [1.807, 2.05) is 12.1 Å². The summed E-state index contributed by atoms with van der Waals surface area (Å²) in [7, 11) is 0. The molecule has 0 aromatic heterocycles. The van der Waals surface area contributed by atoms with Gasteiger partial charge in [-0.05, 0) is 42.7 Å². The molecule has 0 aliphatic carbocycles. The first-order chi connectivity index (χ1) is 10.2. The lowest BCUT2D eigenvalue weighted by Gasteiger charge is -2.16. The van der Waals surface area contributed by atoms with Gasteiger partial charge in [0.2, 0.25) is 0 Å². The van der Waals surface area contributed by atoms with Crippen molar-refractivity contribution >= 4 is 0 Å². The van der Waals surface area contributed by atoms with Crippen LogP contribution in [0.4, 0.5) is 0 Å². The second-order valence-corrected chi connectivity index (χ2v) is 5.20. The molecule has 0 amide bonds. The van der Waals surface area contributed by atoms with Gasteiger partial charge in [-0.1, -0.05) is 49.1 Å². The molecular formula is C19H23NO. The Morgan fingerprint density at radius 2 is 1.86 bits per heavy atom. The van der Waals surface area contributed by atoms with Gasteiger partial charge in [-0.2, -0.15) is 0 Å². The topological polar surface area (TPSA) is 21.3 Å². The van der Waals surface area contributed by atoms with E-state index in [0.29, 0.717) is 12.6 Å². The summed E-state index contributed by atoms with van der Waals surface area (Å²) in [6, 6.07) is 17.0. The van der Waals surface area contributed by atoms with E-state index in [1.165, 1.54) is 16.7 Å². The van der Waals surface area contributed by atoms with Crippen LogP contribution in [0.2, 0.25) is 0 Å². The van der Waals surface area contributed by atoms with Crippen molar-refractivity contribution in [3.8, 4) is 5.75 Å². The fourth-order valence-electron chi connectivity index (χ4n) is 2.31. The minimum atomic E-state index is 0.336. The quantitative estimate of drug-likeness (QED) is 0.759. The van der Waals surface area contributed by atoms with E-state index in [9.17, 15) is 0 Å². The number of hydrogen-bond donors (Lipinski definition) is 1. The third-order valence-corrected chi connectivity index (χ3v) is 3.56. The summed E-state index contributed by atoms with van der Waals surface area (Å²) in [6.45, 7) is 9.38. The van der Waals surface area contributed by atoms with E-state index in [-0.39, 0.29) is 0 Å². The number of nitrogens with one attached hydrogen (secondary N) is 1. The van der Waals surface area contributed by atoms with Gasteiger partial charge >= 0.3 is 0 Å². The molecule has 0 bridgehead atoms. The number of ether oxygens (including phenoxy) is 1. The number of benzene rings is 2. The standard InChI is InChI=1S/C19H23NO/c1-4-13-21-18-11-9-17(10-12-18)14-20-16(3)19-8-6-5-7-15(19)2/h4-12,16,20H,1,13-14H2,2-3H3/t16-/m1/s1. The molecule has 1 N–H and O–H groups in total. The molecule has 0 aliphatic rings. The van der Waals surface area contributed by atoms with Crippen molar-refractivity contribution in [2.24, 2.45) is 0 Å². The number of hydrogen-bond acceptors (Lipinski definition) is 2. The average molecular weight is 281 g/mol. The highest BCUT2D eigenvalue weighted by atomic mass is 16.5. The Kier molecular flexibility index (Phi) is 5.59. The Balaban J connectivity index is 1.90. The molecule has 0 spiro atoms. The smallest absolute Gasteiger partial charge is 0.119 e. The lowest BCUT2D eigenvalue weighted by molar-refractivity contribution is 0.363. The van der Waals surface area contributed by atoms with E-state index in [1.54, 1.807) is 6.08 Å². The van der Waals surface area contributed by atoms with E-state index >= 15 is 0 Å². The van der Waals surface area contributed by atoms with Crippen molar-refractivity contribution in [2.45, 2.75) is 26.4 Å². The summed E-state index contributed by atoms with van der Waals surface area (Å²) in [5, 5.41) is 3.56. The Labute approximate surface area is 127 Å². The lowest BCUT2D eigenvalue weighted by atomic mass is 10.0. The fraction of sp³-hybridized carbons (Fsp3) is 0.263. The molecule has 0 saturated carbocycles.